The third-order valence-electron chi connectivity index (χ3n) is 3.36. The molecule has 21 heavy (non-hydrogen) atoms. The van der Waals surface area contributed by atoms with Gasteiger partial charge in [-0.05, 0) is 36.6 Å². The lowest BCUT2D eigenvalue weighted by atomic mass is 10.1. The first-order valence-electron chi connectivity index (χ1n) is 6.51. The van der Waals surface area contributed by atoms with E-state index < -0.39 is 5.97 Å². The lowest BCUT2D eigenvalue weighted by Gasteiger charge is -2.11. The predicted octanol–water partition coefficient (Wildman–Crippen LogP) is 4.03. The fourth-order valence-corrected chi connectivity index (χ4v) is 2.23. The van der Waals surface area contributed by atoms with Crippen molar-refractivity contribution in [2.75, 3.05) is 0 Å². The molecule has 0 radical (unpaired) electrons. The summed E-state index contributed by atoms with van der Waals surface area (Å²) < 4.78 is 5.84. The van der Waals surface area contributed by atoms with E-state index in [1.54, 1.807) is 31.3 Å². The number of benzene rings is 2. The number of aromatic nitrogens is 1. The molecule has 0 spiro atoms. The molecular formula is C17H13NO3. The molecule has 0 aliphatic heterocycles. The number of hydrogen-bond acceptors (Lipinski definition) is 3. The molecule has 1 aromatic heterocycles. The van der Waals surface area contributed by atoms with Crippen molar-refractivity contribution in [2.45, 2.75) is 6.92 Å². The summed E-state index contributed by atoms with van der Waals surface area (Å²) in [7, 11) is 0. The van der Waals surface area contributed by atoms with Crippen molar-refractivity contribution in [1.82, 2.24) is 4.98 Å². The fourth-order valence-electron chi connectivity index (χ4n) is 2.23. The Morgan fingerprint density at radius 2 is 1.90 bits per heavy atom. The van der Waals surface area contributed by atoms with Gasteiger partial charge in [0.1, 0.15) is 5.75 Å². The highest BCUT2D eigenvalue weighted by atomic mass is 16.5. The molecule has 0 amide bonds. The molecule has 0 saturated heterocycles. The van der Waals surface area contributed by atoms with E-state index in [1.165, 1.54) is 0 Å². The first kappa shape index (κ1) is 13.1. The van der Waals surface area contributed by atoms with Crippen LogP contribution >= 0.6 is 0 Å². The third-order valence-corrected chi connectivity index (χ3v) is 3.36. The molecule has 0 bridgehead atoms. The van der Waals surface area contributed by atoms with Gasteiger partial charge in [-0.25, -0.2) is 9.78 Å². The van der Waals surface area contributed by atoms with Crippen molar-refractivity contribution < 1.29 is 14.6 Å². The number of carboxylic acid groups (broad SMARTS) is 1. The lowest BCUT2D eigenvalue weighted by molar-refractivity contribution is 0.0695. The Kier molecular flexibility index (Phi) is 3.28. The molecule has 4 nitrogen and oxygen atoms in total. The maximum Gasteiger partial charge on any atom is 0.336 e. The molecular weight excluding hydrogens is 266 g/mol. The molecule has 0 atom stereocenters. The second kappa shape index (κ2) is 5.25. The van der Waals surface area contributed by atoms with Crippen molar-refractivity contribution in [3.05, 3.63) is 65.9 Å². The van der Waals surface area contributed by atoms with E-state index in [4.69, 9.17) is 9.84 Å². The van der Waals surface area contributed by atoms with Gasteiger partial charge in [0, 0.05) is 17.1 Å². The van der Waals surface area contributed by atoms with Crippen LogP contribution in [0.4, 0.5) is 0 Å². The van der Waals surface area contributed by atoms with Gasteiger partial charge in [-0.2, -0.15) is 0 Å². The maximum absolute atomic E-state index is 11.2. The van der Waals surface area contributed by atoms with Gasteiger partial charge in [0.15, 0.2) is 0 Å². The largest absolute Gasteiger partial charge is 0.478 e. The highest BCUT2D eigenvalue weighted by molar-refractivity contribution is 5.90. The first-order chi connectivity index (χ1) is 10.2. The molecule has 0 aliphatic rings. The third kappa shape index (κ3) is 2.43. The van der Waals surface area contributed by atoms with E-state index in [9.17, 15) is 4.79 Å². The maximum atomic E-state index is 11.2. The van der Waals surface area contributed by atoms with Crippen LogP contribution in [0.5, 0.6) is 11.6 Å². The minimum atomic E-state index is -0.969. The zero-order valence-corrected chi connectivity index (χ0v) is 11.4. The summed E-state index contributed by atoms with van der Waals surface area (Å²) in [6, 6.07) is 14.6. The predicted molar refractivity (Wildman–Crippen MR) is 80.0 cm³/mol. The molecule has 104 valence electrons. The van der Waals surface area contributed by atoms with E-state index in [2.05, 4.69) is 4.98 Å². The zero-order chi connectivity index (χ0) is 14.8. The lowest BCUT2D eigenvalue weighted by Crippen LogP contribution is -2.01. The summed E-state index contributed by atoms with van der Waals surface area (Å²) in [4.78, 5) is 15.4. The zero-order valence-electron chi connectivity index (χ0n) is 11.4. The van der Waals surface area contributed by atoms with Gasteiger partial charge in [-0.3, -0.25) is 0 Å². The Morgan fingerprint density at radius 3 is 2.71 bits per heavy atom. The fraction of sp³-hybridized carbons (Fsp3) is 0.0588. The number of fused-ring (bicyclic) bond motifs is 1. The quantitative estimate of drug-likeness (QED) is 0.786. The summed E-state index contributed by atoms with van der Waals surface area (Å²) in [5.41, 5.74) is 0.812. The van der Waals surface area contributed by atoms with E-state index in [0.717, 1.165) is 10.8 Å². The van der Waals surface area contributed by atoms with Crippen molar-refractivity contribution in [2.24, 2.45) is 0 Å². The molecule has 1 N–H and O–H groups in total. The monoisotopic (exact) mass is 279 g/mol. The molecule has 4 heteroatoms. The van der Waals surface area contributed by atoms with E-state index in [0.29, 0.717) is 17.2 Å². The number of carboxylic acids is 1. The average molecular weight is 279 g/mol. The Hall–Kier alpha value is -2.88. The van der Waals surface area contributed by atoms with Gasteiger partial charge in [-0.1, -0.05) is 24.3 Å². The topological polar surface area (TPSA) is 59.4 Å². The molecule has 0 fully saturated rings. The summed E-state index contributed by atoms with van der Waals surface area (Å²) in [5.74, 6) is 0.00122. The van der Waals surface area contributed by atoms with Gasteiger partial charge in [-0.15, -0.1) is 0 Å². The average Bonchev–Trinajstić information content (AvgIpc) is 2.49. The van der Waals surface area contributed by atoms with Gasteiger partial charge < -0.3 is 9.84 Å². The second-order valence-corrected chi connectivity index (χ2v) is 4.67. The highest BCUT2D eigenvalue weighted by Crippen LogP contribution is 2.30. The standard InChI is InChI=1S/C17H13NO3/c1-11-13(17(19)20)7-4-8-15(11)21-16-14-6-3-2-5-12(14)9-10-18-16/h2-10H,1H3,(H,19,20). The summed E-state index contributed by atoms with van der Waals surface area (Å²) in [5, 5.41) is 11.1. The normalized spacial score (nSPS) is 10.5. The van der Waals surface area contributed by atoms with Crippen LogP contribution < -0.4 is 4.74 Å². The van der Waals surface area contributed by atoms with Crippen LogP contribution in [-0.4, -0.2) is 16.1 Å². The van der Waals surface area contributed by atoms with E-state index >= 15 is 0 Å². The molecule has 3 aromatic rings. The van der Waals surface area contributed by atoms with Gasteiger partial charge in [0.2, 0.25) is 5.88 Å². The summed E-state index contributed by atoms with van der Waals surface area (Å²) >= 11 is 0. The Bertz CT molecular complexity index is 822. The van der Waals surface area contributed by atoms with Gasteiger partial charge in [0.25, 0.3) is 0 Å². The van der Waals surface area contributed by atoms with Crippen molar-refractivity contribution in [3.8, 4) is 11.6 Å². The van der Waals surface area contributed by atoms with Crippen molar-refractivity contribution >= 4 is 16.7 Å². The van der Waals surface area contributed by atoms with Crippen LogP contribution in [-0.2, 0) is 0 Å². The number of pyridine rings is 1. The minimum Gasteiger partial charge on any atom is -0.478 e. The van der Waals surface area contributed by atoms with E-state index in [-0.39, 0.29) is 5.56 Å². The SMILES string of the molecule is Cc1c(Oc2nccc3ccccc23)cccc1C(=O)O. The van der Waals surface area contributed by atoms with Crippen LogP contribution in [0, 0.1) is 6.92 Å². The molecule has 2 aromatic carbocycles. The Labute approximate surface area is 121 Å². The number of rotatable bonds is 3. The molecule has 1 heterocycles. The molecule has 3 rings (SSSR count). The van der Waals surface area contributed by atoms with Crippen LogP contribution in [0.25, 0.3) is 10.8 Å². The van der Waals surface area contributed by atoms with Gasteiger partial charge in [0.05, 0.1) is 5.56 Å². The first-order valence-corrected chi connectivity index (χ1v) is 6.51. The number of nitrogens with zero attached hydrogens (tertiary/aromatic N) is 1. The van der Waals surface area contributed by atoms with Gasteiger partial charge >= 0.3 is 5.97 Å². The smallest absolute Gasteiger partial charge is 0.336 e. The van der Waals surface area contributed by atoms with Crippen molar-refractivity contribution in [1.29, 1.82) is 0 Å². The van der Waals surface area contributed by atoms with Crippen molar-refractivity contribution in [3.63, 3.8) is 0 Å². The van der Waals surface area contributed by atoms with Crippen LogP contribution in [0.2, 0.25) is 0 Å². The molecule has 0 aliphatic carbocycles. The van der Waals surface area contributed by atoms with Crippen LogP contribution in [0.3, 0.4) is 0 Å². The molecule has 0 saturated carbocycles. The summed E-state index contributed by atoms with van der Waals surface area (Å²) in [6.45, 7) is 1.73. The number of ether oxygens (including phenoxy) is 1. The molecule has 0 unspecified atom stereocenters. The highest BCUT2D eigenvalue weighted by Gasteiger charge is 2.13. The summed E-state index contributed by atoms with van der Waals surface area (Å²) in [6.07, 6.45) is 1.67. The minimum absolute atomic E-state index is 0.229. The Morgan fingerprint density at radius 1 is 1.10 bits per heavy atom. The van der Waals surface area contributed by atoms with E-state index in [1.807, 2.05) is 30.3 Å². The second-order valence-electron chi connectivity index (χ2n) is 4.67. The number of hydrogen-bond donors (Lipinski definition) is 1. The Balaban J connectivity index is 2.07. The number of aromatic carboxylic acids is 1. The van der Waals surface area contributed by atoms with Crippen LogP contribution in [0.1, 0.15) is 15.9 Å². The number of carbonyl (C=O) groups is 1. The van der Waals surface area contributed by atoms with Crippen LogP contribution in [0.15, 0.2) is 54.7 Å².